The van der Waals surface area contributed by atoms with Crippen molar-refractivity contribution in [3.05, 3.63) is 76.6 Å². The van der Waals surface area contributed by atoms with Gasteiger partial charge in [-0.2, -0.15) is 4.98 Å². The van der Waals surface area contributed by atoms with Gasteiger partial charge in [-0.25, -0.2) is 9.37 Å². The molecule has 23 heavy (non-hydrogen) atoms. The zero-order valence-electron chi connectivity index (χ0n) is 12.1. The van der Waals surface area contributed by atoms with Gasteiger partial charge in [0.2, 0.25) is 5.95 Å². The Morgan fingerprint density at radius 3 is 2.57 bits per heavy atom. The van der Waals surface area contributed by atoms with Crippen LogP contribution in [0.25, 0.3) is 0 Å². The van der Waals surface area contributed by atoms with Crippen LogP contribution in [0.15, 0.2) is 65.3 Å². The first-order valence-electron chi connectivity index (χ1n) is 7.03. The van der Waals surface area contributed by atoms with Crippen LogP contribution in [0.2, 0.25) is 0 Å². The highest BCUT2D eigenvalue weighted by Gasteiger charge is 2.03. The molecule has 3 rings (SSSR count). The Bertz CT molecular complexity index is 793. The fourth-order valence-corrected chi connectivity index (χ4v) is 2.38. The van der Waals surface area contributed by atoms with Crippen molar-refractivity contribution < 1.29 is 4.39 Å². The van der Waals surface area contributed by atoms with Crippen LogP contribution >= 0.6 is 15.9 Å². The Hall–Kier alpha value is -2.47. The van der Waals surface area contributed by atoms with Crippen molar-refractivity contribution in [3.8, 4) is 0 Å². The van der Waals surface area contributed by atoms with Gasteiger partial charge in [0.05, 0.1) is 5.69 Å². The number of hydrogen-bond acceptors (Lipinski definition) is 4. The summed E-state index contributed by atoms with van der Waals surface area (Å²) >= 11 is 3.49. The molecule has 0 aliphatic heterocycles. The molecule has 0 unspecified atom stereocenters. The van der Waals surface area contributed by atoms with E-state index in [0.717, 1.165) is 15.7 Å². The molecule has 0 atom stereocenters. The van der Waals surface area contributed by atoms with Gasteiger partial charge in [0, 0.05) is 17.2 Å². The first kappa shape index (κ1) is 15.4. The summed E-state index contributed by atoms with van der Waals surface area (Å²) in [5, 5.41) is 6.36. The van der Waals surface area contributed by atoms with Crippen LogP contribution in [0.5, 0.6) is 0 Å². The zero-order valence-corrected chi connectivity index (χ0v) is 13.7. The zero-order chi connectivity index (χ0) is 16.1. The highest BCUT2D eigenvalue weighted by Crippen LogP contribution is 2.24. The van der Waals surface area contributed by atoms with Gasteiger partial charge in [0.1, 0.15) is 11.6 Å². The van der Waals surface area contributed by atoms with E-state index >= 15 is 0 Å². The number of rotatable bonds is 5. The SMILES string of the molecule is Fc1ccc(CNc2nccc(Nc3ccccc3Br)n2)cc1. The predicted octanol–water partition coefficient (Wildman–Crippen LogP) is 4.73. The number of anilines is 3. The molecule has 0 radical (unpaired) electrons. The summed E-state index contributed by atoms with van der Waals surface area (Å²) < 4.78 is 13.8. The summed E-state index contributed by atoms with van der Waals surface area (Å²) in [6, 6.07) is 15.9. The molecule has 2 aromatic carbocycles. The average molecular weight is 373 g/mol. The average Bonchev–Trinajstić information content (AvgIpc) is 2.57. The number of benzene rings is 2. The van der Waals surface area contributed by atoms with Gasteiger partial charge in [-0.3, -0.25) is 0 Å². The third-order valence-corrected chi connectivity index (χ3v) is 3.85. The molecule has 0 amide bonds. The summed E-state index contributed by atoms with van der Waals surface area (Å²) in [6.45, 7) is 0.527. The fourth-order valence-electron chi connectivity index (χ4n) is 2.00. The number of aromatic nitrogens is 2. The summed E-state index contributed by atoms with van der Waals surface area (Å²) in [7, 11) is 0. The number of nitrogens with one attached hydrogen (secondary N) is 2. The highest BCUT2D eigenvalue weighted by atomic mass is 79.9. The maximum absolute atomic E-state index is 12.9. The minimum absolute atomic E-state index is 0.246. The Balaban J connectivity index is 1.67. The van der Waals surface area contributed by atoms with Crippen LogP contribution in [0.3, 0.4) is 0 Å². The Labute approximate surface area is 141 Å². The van der Waals surface area contributed by atoms with Gasteiger partial charge >= 0.3 is 0 Å². The molecule has 1 heterocycles. The first-order valence-corrected chi connectivity index (χ1v) is 7.83. The monoisotopic (exact) mass is 372 g/mol. The molecule has 0 aliphatic carbocycles. The minimum atomic E-state index is -0.246. The lowest BCUT2D eigenvalue weighted by Gasteiger charge is -2.09. The topological polar surface area (TPSA) is 49.8 Å². The van der Waals surface area contributed by atoms with Gasteiger partial charge in [0.25, 0.3) is 0 Å². The molecule has 3 aromatic rings. The molecule has 2 N–H and O–H groups in total. The van der Waals surface area contributed by atoms with Crippen molar-refractivity contribution in [1.29, 1.82) is 0 Å². The molecule has 1 aromatic heterocycles. The number of para-hydroxylation sites is 1. The first-order chi connectivity index (χ1) is 11.2. The molecule has 116 valence electrons. The van der Waals surface area contributed by atoms with Gasteiger partial charge < -0.3 is 10.6 Å². The smallest absolute Gasteiger partial charge is 0.224 e. The Kier molecular flexibility index (Phi) is 4.83. The molecule has 0 spiro atoms. The van der Waals surface area contributed by atoms with E-state index in [2.05, 4.69) is 36.5 Å². The number of nitrogens with zero attached hydrogens (tertiary/aromatic N) is 2. The molecule has 0 saturated carbocycles. The van der Waals surface area contributed by atoms with E-state index in [1.807, 2.05) is 24.3 Å². The van der Waals surface area contributed by atoms with Crippen molar-refractivity contribution >= 4 is 33.4 Å². The van der Waals surface area contributed by atoms with Crippen LogP contribution in [0.4, 0.5) is 21.8 Å². The quantitative estimate of drug-likeness (QED) is 0.679. The maximum atomic E-state index is 12.9. The van der Waals surface area contributed by atoms with Crippen molar-refractivity contribution in [2.75, 3.05) is 10.6 Å². The molecule has 4 nitrogen and oxygen atoms in total. The second-order valence-corrected chi connectivity index (χ2v) is 5.70. The third-order valence-electron chi connectivity index (χ3n) is 3.16. The molecule has 0 bridgehead atoms. The van der Waals surface area contributed by atoms with Crippen LogP contribution in [-0.4, -0.2) is 9.97 Å². The molecule has 0 aliphatic rings. The van der Waals surface area contributed by atoms with Crippen molar-refractivity contribution in [1.82, 2.24) is 9.97 Å². The third kappa shape index (κ3) is 4.26. The van der Waals surface area contributed by atoms with Crippen molar-refractivity contribution in [3.63, 3.8) is 0 Å². The van der Waals surface area contributed by atoms with E-state index in [0.29, 0.717) is 18.3 Å². The molecular weight excluding hydrogens is 359 g/mol. The molecular formula is C17H14BrFN4. The van der Waals surface area contributed by atoms with Crippen molar-refractivity contribution in [2.45, 2.75) is 6.54 Å². The van der Waals surface area contributed by atoms with Gasteiger partial charge in [0.15, 0.2) is 0 Å². The van der Waals surface area contributed by atoms with E-state index in [1.54, 1.807) is 24.4 Å². The normalized spacial score (nSPS) is 10.3. The minimum Gasteiger partial charge on any atom is -0.350 e. The van der Waals surface area contributed by atoms with E-state index in [1.165, 1.54) is 12.1 Å². The second kappa shape index (κ2) is 7.19. The lowest BCUT2D eigenvalue weighted by Crippen LogP contribution is -2.05. The van der Waals surface area contributed by atoms with Gasteiger partial charge in [-0.15, -0.1) is 0 Å². The summed E-state index contributed by atoms with van der Waals surface area (Å²) in [5.74, 6) is 0.949. The fraction of sp³-hybridized carbons (Fsp3) is 0.0588. The standard InChI is InChI=1S/C17H14BrFN4/c18-14-3-1-2-4-15(14)22-16-9-10-20-17(23-16)21-11-12-5-7-13(19)8-6-12/h1-10H,11H2,(H2,20,21,22,23). The van der Waals surface area contributed by atoms with Crippen LogP contribution in [-0.2, 0) is 6.54 Å². The van der Waals surface area contributed by atoms with Crippen LogP contribution in [0.1, 0.15) is 5.56 Å². The van der Waals surface area contributed by atoms with Gasteiger partial charge in [-0.05, 0) is 51.8 Å². The van der Waals surface area contributed by atoms with Crippen LogP contribution < -0.4 is 10.6 Å². The predicted molar refractivity (Wildman–Crippen MR) is 93.2 cm³/mol. The maximum Gasteiger partial charge on any atom is 0.224 e. The van der Waals surface area contributed by atoms with E-state index in [4.69, 9.17) is 0 Å². The summed E-state index contributed by atoms with van der Waals surface area (Å²) in [5.41, 5.74) is 1.88. The Morgan fingerprint density at radius 1 is 1.00 bits per heavy atom. The molecule has 0 fully saturated rings. The highest BCUT2D eigenvalue weighted by molar-refractivity contribution is 9.10. The lowest BCUT2D eigenvalue weighted by molar-refractivity contribution is 0.627. The van der Waals surface area contributed by atoms with E-state index in [9.17, 15) is 4.39 Å². The lowest BCUT2D eigenvalue weighted by atomic mass is 10.2. The second-order valence-electron chi connectivity index (χ2n) is 4.85. The van der Waals surface area contributed by atoms with E-state index < -0.39 is 0 Å². The summed E-state index contributed by atoms with van der Waals surface area (Å²) in [4.78, 5) is 8.60. The Morgan fingerprint density at radius 2 is 1.78 bits per heavy atom. The molecule has 0 saturated heterocycles. The van der Waals surface area contributed by atoms with E-state index in [-0.39, 0.29) is 5.82 Å². The molecule has 6 heteroatoms. The summed E-state index contributed by atoms with van der Waals surface area (Å²) in [6.07, 6.45) is 1.68. The number of hydrogen-bond donors (Lipinski definition) is 2. The van der Waals surface area contributed by atoms with Crippen LogP contribution in [0, 0.1) is 5.82 Å². The number of halogens is 2. The van der Waals surface area contributed by atoms with Crippen molar-refractivity contribution in [2.24, 2.45) is 0 Å². The largest absolute Gasteiger partial charge is 0.350 e. The van der Waals surface area contributed by atoms with Gasteiger partial charge in [-0.1, -0.05) is 24.3 Å².